The van der Waals surface area contributed by atoms with Gasteiger partial charge in [0.15, 0.2) is 11.9 Å². The van der Waals surface area contributed by atoms with Gasteiger partial charge in [0, 0.05) is 45.1 Å². The summed E-state index contributed by atoms with van der Waals surface area (Å²) in [6.07, 6.45) is 7.80. The van der Waals surface area contributed by atoms with Crippen molar-refractivity contribution in [3.8, 4) is 0 Å². The molecule has 1 aliphatic carbocycles. The van der Waals surface area contributed by atoms with Crippen LogP contribution in [0.2, 0.25) is 0 Å². The Morgan fingerprint density at radius 3 is 2.53 bits per heavy atom. The van der Waals surface area contributed by atoms with Gasteiger partial charge in [0.2, 0.25) is 5.79 Å². The lowest BCUT2D eigenvalue weighted by molar-refractivity contribution is -0.569. The van der Waals surface area contributed by atoms with Crippen molar-refractivity contribution in [2.75, 3.05) is 45.9 Å². The van der Waals surface area contributed by atoms with Crippen LogP contribution in [0.25, 0.3) is 0 Å². The van der Waals surface area contributed by atoms with Crippen LogP contribution in [0.1, 0.15) is 58.8 Å². The molecule has 5 saturated heterocycles. The van der Waals surface area contributed by atoms with Gasteiger partial charge >= 0.3 is 0 Å². The van der Waals surface area contributed by atoms with E-state index in [-0.39, 0.29) is 19.0 Å². The lowest BCUT2D eigenvalue weighted by atomic mass is 9.60. The molecule has 1 saturated carbocycles. The number of aliphatic hydroxyl groups excluding tert-OH is 1. The topological polar surface area (TPSA) is 63.6 Å². The largest absolute Gasteiger partial charge is 0.395 e. The average molecular weight is 425 g/mol. The molecule has 6 aliphatic rings. The molecular formula is C23H40N2O5. The summed E-state index contributed by atoms with van der Waals surface area (Å²) < 4.78 is 13.1. The van der Waals surface area contributed by atoms with Crippen LogP contribution < -0.4 is 0 Å². The summed E-state index contributed by atoms with van der Waals surface area (Å²) in [7, 11) is 0. The number of fused-ring (bicyclic) bond motifs is 2. The molecule has 0 amide bonds. The Labute approximate surface area is 180 Å². The number of rotatable bonds is 6. The maximum absolute atomic E-state index is 9.12. The van der Waals surface area contributed by atoms with Crippen LogP contribution >= 0.6 is 0 Å². The third-order valence-corrected chi connectivity index (χ3v) is 8.68. The quantitative estimate of drug-likeness (QED) is 0.657. The van der Waals surface area contributed by atoms with Crippen molar-refractivity contribution in [1.29, 1.82) is 0 Å². The first-order chi connectivity index (χ1) is 14.5. The van der Waals surface area contributed by atoms with Gasteiger partial charge in [0.25, 0.3) is 0 Å². The number of piperazine rings is 1. The van der Waals surface area contributed by atoms with Crippen LogP contribution in [0.4, 0.5) is 0 Å². The van der Waals surface area contributed by atoms with E-state index in [4.69, 9.17) is 24.4 Å². The highest BCUT2D eigenvalue weighted by Gasteiger charge is 2.67. The van der Waals surface area contributed by atoms with E-state index in [1.807, 2.05) is 6.92 Å². The third-order valence-electron chi connectivity index (χ3n) is 8.68. The van der Waals surface area contributed by atoms with E-state index < -0.39 is 11.4 Å². The van der Waals surface area contributed by atoms with Gasteiger partial charge in [-0.15, -0.1) is 0 Å². The Hall–Kier alpha value is -0.280. The molecule has 5 aliphatic heterocycles. The van der Waals surface area contributed by atoms with E-state index in [0.717, 1.165) is 65.0 Å². The SMILES string of the molecule is CC1C(CCCN2CCN(CCO)CC2)OC2OC3(C)CCC4CCCC1C42OO3. The molecule has 6 rings (SSSR count). The number of nitrogens with zero attached hydrogens (tertiary/aromatic N) is 2. The van der Waals surface area contributed by atoms with Gasteiger partial charge in [-0.2, -0.15) is 0 Å². The number of ether oxygens (including phenoxy) is 2. The van der Waals surface area contributed by atoms with E-state index >= 15 is 0 Å². The average Bonchev–Trinajstić information content (AvgIpc) is 2.97. The zero-order chi connectivity index (χ0) is 20.8. The van der Waals surface area contributed by atoms with E-state index in [1.54, 1.807) is 0 Å². The number of hydrogen-bond donors (Lipinski definition) is 1. The van der Waals surface area contributed by atoms with Crippen LogP contribution in [-0.4, -0.2) is 84.6 Å². The van der Waals surface area contributed by atoms with E-state index in [1.165, 1.54) is 19.3 Å². The first-order valence-electron chi connectivity index (χ1n) is 12.3. The fraction of sp³-hybridized carbons (Fsp3) is 1.00. The van der Waals surface area contributed by atoms with Crippen LogP contribution in [0, 0.1) is 17.8 Å². The summed E-state index contributed by atoms with van der Waals surface area (Å²) >= 11 is 0. The summed E-state index contributed by atoms with van der Waals surface area (Å²) in [6, 6.07) is 0. The van der Waals surface area contributed by atoms with Crippen molar-refractivity contribution >= 4 is 0 Å². The molecule has 1 spiro atoms. The van der Waals surface area contributed by atoms with Crippen molar-refractivity contribution in [1.82, 2.24) is 9.80 Å². The second kappa shape index (κ2) is 8.58. The predicted octanol–water partition coefficient (Wildman–Crippen LogP) is 2.38. The standard InChI is InChI=1S/C23H40N2O5/c1-17-19-6-3-5-18-8-9-22(2)28-21(23(18,19)30-29-22)27-20(17)7-4-10-24-11-13-25(14-12-24)15-16-26/h17-21,26H,3-16H2,1-2H3. The van der Waals surface area contributed by atoms with Crippen molar-refractivity contribution < 1.29 is 24.4 Å². The molecule has 7 nitrogen and oxygen atoms in total. The molecule has 1 N–H and O–H groups in total. The van der Waals surface area contributed by atoms with Gasteiger partial charge in [-0.3, -0.25) is 4.90 Å². The van der Waals surface area contributed by atoms with Crippen molar-refractivity contribution in [3.63, 3.8) is 0 Å². The van der Waals surface area contributed by atoms with E-state index in [2.05, 4.69) is 16.7 Å². The summed E-state index contributed by atoms with van der Waals surface area (Å²) in [5, 5.41) is 9.12. The molecule has 0 aromatic carbocycles. The predicted molar refractivity (Wildman–Crippen MR) is 111 cm³/mol. The smallest absolute Gasteiger partial charge is 0.201 e. The number of aliphatic hydroxyl groups is 1. The Balaban J connectivity index is 1.20. The summed E-state index contributed by atoms with van der Waals surface area (Å²) in [4.78, 5) is 17.0. The summed E-state index contributed by atoms with van der Waals surface area (Å²) in [5.74, 6) is 0.714. The highest BCUT2D eigenvalue weighted by atomic mass is 17.3. The maximum atomic E-state index is 9.12. The van der Waals surface area contributed by atoms with Crippen molar-refractivity contribution in [2.45, 2.75) is 82.6 Å². The Morgan fingerprint density at radius 1 is 1.00 bits per heavy atom. The highest BCUT2D eigenvalue weighted by molar-refractivity contribution is 5.08. The molecule has 0 aromatic rings. The fourth-order valence-corrected chi connectivity index (χ4v) is 6.85. The minimum absolute atomic E-state index is 0.228. The molecule has 7 atom stereocenters. The lowest BCUT2D eigenvalue weighted by Gasteiger charge is -2.59. The van der Waals surface area contributed by atoms with E-state index in [9.17, 15) is 0 Å². The van der Waals surface area contributed by atoms with Crippen LogP contribution in [-0.2, 0) is 19.2 Å². The molecule has 172 valence electrons. The number of hydrogen-bond acceptors (Lipinski definition) is 7. The minimum Gasteiger partial charge on any atom is -0.395 e. The third kappa shape index (κ3) is 3.74. The molecule has 0 radical (unpaired) electrons. The first kappa shape index (κ1) is 21.6. The van der Waals surface area contributed by atoms with Crippen molar-refractivity contribution in [3.05, 3.63) is 0 Å². The monoisotopic (exact) mass is 424 g/mol. The Bertz CT molecular complexity index is 600. The second-order valence-electron chi connectivity index (χ2n) is 10.5. The first-order valence-corrected chi connectivity index (χ1v) is 12.3. The normalized spacial score (nSPS) is 47.1. The van der Waals surface area contributed by atoms with Crippen LogP contribution in [0.15, 0.2) is 0 Å². The van der Waals surface area contributed by atoms with Gasteiger partial charge in [-0.1, -0.05) is 13.3 Å². The number of β-amino-alcohol motifs (C(OH)–C–C–N with tert-alkyl or cyclic N) is 1. The van der Waals surface area contributed by atoms with Crippen molar-refractivity contribution in [2.24, 2.45) is 17.8 Å². The molecule has 0 aromatic heterocycles. The van der Waals surface area contributed by atoms with Crippen LogP contribution in [0.5, 0.6) is 0 Å². The molecule has 5 heterocycles. The zero-order valence-electron chi connectivity index (χ0n) is 18.8. The summed E-state index contributed by atoms with van der Waals surface area (Å²) in [5.41, 5.74) is -0.410. The van der Waals surface area contributed by atoms with Crippen LogP contribution in [0.3, 0.4) is 0 Å². The minimum atomic E-state index is -0.669. The molecule has 7 heteroatoms. The highest BCUT2D eigenvalue weighted by Crippen LogP contribution is 2.59. The maximum Gasteiger partial charge on any atom is 0.201 e. The Kier molecular flexibility index (Phi) is 6.17. The van der Waals surface area contributed by atoms with E-state index in [0.29, 0.717) is 17.8 Å². The molecule has 30 heavy (non-hydrogen) atoms. The van der Waals surface area contributed by atoms with Gasteiger partial charge in [-0.25, -0.2) is 9.78 Å². The lowest BCUT2D eigenvalue weighted by Crippen LogP contribution is -2.69. The second-order valence-corrected chi connectivity index (χ2v) is 10.5. The summed E-state index contributed by atoms with van der Waals surface area (Å²) in [6.45, 7) is 10.9. The fourth-order valence-electron chi connectivity index (χ4n) is 6.85. The molecular weight excluding hydrogens is 384 g/mol. The molecule has 7 unspecified atom stereocenters. The Morgan fingerprint density at radius 2 is 1.77 bits per heavy atom. The van der Waals surface area contributed by atoms with Gasteiger partial charge in [-0.05, 0) is 57.4 Å². The molecule has 2 bridgehead atoms. The molecule has 6 fully saturated rings. The van der Waals surface area contributed by atoms with Gasteiger partial charge < -0.3 is 19.5 Å². The van der Waals surface area contributed by atoms with Gasteiger partial charge in [0.1, 0.15) is 0 Å². The van der Waals surface area contributed by atoms with Gasteiger partial charge in [0.05, 0.1) is 12.7 Å². The zero-order valence-corrected chi connectivity index (χ0v) is 18.8.